The van der Waals surface area contributed by atoms with Gasteiger partial charge in [0.2, 0.25) is 41.3 Å². The van der Waals surface area contributed by atoms with Crippen LogP contribution in [0.25, 0.3) is 22.8 Å². The molecule has 2 unspecified atom stereocenters. The lowest BCUT2D eigenvalue weighted by molar-refractivity contribution is -0.148. The molecule has 0 aliphatic carbocycles. The maximum atomic E-state index is 14.1. The highest BCUT2D eigenvalue weighted by molar-refractivity contribution is 6.00. The molecule has 0 spiro atoms. The first-order chi connectivity index (χ1) is 34.4. The van der Waals surface area contributed by atoms with Gasteiger partial charge in [0.15, 0.2) is 5.76 Å². The zero-order valence-electron chi connectivity index (χ0n) is 40.9. The van der Waals surface area contributed by atoms with E-state index < -0.39 is 36.3 Å². The monoisotopic (exact) mass is 961 g/mol. The van der Waals surface area contributed by atoms with Gasteiger partial charge in [0.1, 0.15) is 36.3 Å². The molecule has 1 aromatic heterocycles. The molecule has 4 saturated heterocycles. The summed E-state index contributed by atoms with van der Waals surface area (Å²) in [6.07, 6.45) is 6.64. The van der Waals surface area contributed by atoms with Gasteiger partial charge in [-0.3, -0.25) is 38.6 Å². The predicted molar refractivity (Wildman–Crippen MR) is 269 cm³/mol. The second-order valence-electron chi connectivity index (χ2n) is 19.5. The Labute approximate surface area is 414 Å². The molecule has 0 bridgehead atoms. The van der Waals surface area contributed by atoms with Crippen molar-refractivity contribution in [2.45, 2.75) is 87.6 Å². The fourth-order valence-corrected chi connectivity index (χ4v) is 10.9. The lowest BCUT2D eigenvalue weighted by atomic mass is 10.0. The Balaban J connectivity index is 0.783. The maximum Gasteiger partial charge on any atom is 0.247 e. The lowest BCUT2D eigenvalue weighted by Crippen LogP contribution is -2.53. The van der Waals surface area contributed by atoms with E-state index in [0.29, 0.717) is 93.3 Å². The number of carbonyl (C=O) groups is 6. The van der Waals surface area contributed by atoms with Crippen LogP contribution in [0.3, 0.4) is 0 Å². The van der Waals surface area contributed by atoms with E-state index in [9.17, 15) is 28.8 Å². The number of aromatic nitrogens is 1. The molecule has 5 aromatic rings. The molecular formula is C55H63N9O7. The molecule has 0 radical (unpaired) electrons. The van der Waals surface area contributed by atoms with E-state index in [1.54, 1.807) is 50.1 Å². The van der Waals surface area contributed by atoms with Crippen molar-refractivity contribution in [1.82, 2.24) is 34.4 Å². The number of hydrogen-bond acceptors (Lipinski definition) is 10. The quantitative estimate of drug-likeness (QED) is 0.126. The number of nitrogens with zero attached hydrogens (tertiary/aromatic N) is 7. The molecule has 16 heteroatoms. The van der Waals surface area contributed by atoms with Gasteiger partial charge in [-0.05, 0) is 139 Å². The molecule has 4 aromatic carbocycles. The molecule has 0 saturated carbocycles. The Morgan fingerprint density at radius 2 is 0.887 bits per heavy atom. The minimum Gasteiger partial charge on any atom is -0.436 e. The molecule has 4 aliphatic heterocycles. The van der Waals surface area contributed by atoms with Crippen molar-refractivity contribution in [3.05, 3.63) is 127 Å². The summed E-state index contributed by atoms with van der Waals surface area (Å²) in [5, 5.41) is 6.00. The van der Waals surface area contributed by atoms with Crippen LogP contribution in [0.2, 0.25) is 0 Å². The molecule has 16 nitrogen and oxygen atoms in total. The highest BCUT2D eigenvalue weighted by Gasteiger charge is 2.46. The number of hydrogen-bond donors (Lipinski definition) is 2. The van der Waals surface area contributed by atoms with Crippen LogP contribution < -0.4 is 10.6 Å². The van der Waals surface area contributed by atoms with Crippen molar-refractivity contribution >= 4 is 46.8 Å². The third kappa shape index (κ3) is 10.4. The standard InChI is InChI=1S/C55H63N9O7/c1-59(2)47(37-15-7-5-8-16-37)54(69)63-33-13-21-44(63)52(67)61-31-11-19-42(61)49(65)57-40-27-23-36(24-28-40)46-35-56-51(71-46)39-25-29-41(30-26-39)58-50(66)43-20-12-32-62(43)53(68)45-22-14-34-64(45)55(70)48(60(3)4)38-17-9-6-10-18-38/h5-10,15-18,23-30,35,42-45,47-48H,11-14,19-22,31-34H2,1-4H3,(H,57,65)(H,58,66)/t42?,43-,44?,45-,47+,48+/m0/s1. The number of likely N-dealkylation sites (tertiary alicyclic amines) is 4. The van der Waals surface area contributed by atoms with Crippen molar-refractivity contribution in [1.29, 1.82) is 0 Å². The first kappa shape index (κ1) is 48.8. The van der Waals surface area contributed by atoms with Gasteiger partial charge in [0.05, 0.1) is 6.20 Å². The fourth-order valence-electron chi connectivity index (χ4n) is 10.9. The summed E-state index contributed by atoms with van der Waals surface area (Å²) in [7, 11) is 7.47. The van der Waals surface area contributed by atoms with Crippen LogP contribution in [0.5, 0.6) is 0 Å². The fraction of sp³-hybridized carbons (Fsp3) is 0.400. The van der Waals surface area contributed by atoms with E-state index in [-0.39, 0.29) is 35.4 Å². The van der Waals surface area contributed by atoms with Crippen molar-refractivity contribution in [3.8, 4) is 22.8 Å². The Morgan fingerprint density at radius 1 is 0.507 bits per heavy atom. The van der Waals surface area contributed by atoms with E-state index in [1.807, 2.05) is 123 Å². The van der Waals surface area contributed by atoms with E-state index in [4.69, 9.17) is 4.42 Å². The van der Waals surface area contributed by atoms with Crippen molar-refractivity contribution in [2.24, 2.45) is 0 Å². The Bertz CT molecular complexity index is 2530. The molecule has 6 amide bonds. The zero-order chi connectivity index (χ0) is 49.8. The van der Waals surface area contributed by atoms with Crippen LogP contribution in [0, 0.1) is 0 Å². The summed E-state index contributed by atoms with van der Waals surface area (Å²) in [4.78, 5) is 98.6. The number of benzene rings is 4. The Hall–Kier alpha value is -7.17. The van der Waals surface area contributed by atoms with Crippen LogP contribution in [-0.4, -0.2) is 148 Å². The third-order valence-electron chi connectivity index (χ3n) is 14.4. The van der Waals surface area contributed by atoms with E-state index >= 15 is 0 Å². The van der Waals surface area contributed by atoms with Gasteiger partial charge in [0, 0.05) is 48.7 Å². The van der Waals surface area contributed by atoms with Crippen molar-refractivity contribution in [3.63, 3.8) is 0 Å². The molecule has 370 valence electrons. The molecule has 71 heavy (non-hydrogen) atoms. The van der Waals surface area contributed by atoms with Gasteiger partial charge in [0.25, 0.3) is 0 Å². The number of nitrogens with one attached hydrogen (secondary N) is 2. The van der Waals surface area contributed by atoms with E-state index in [0.717, 1.165) is 29.5 Å². The molecule has 4 aliphatic rings. The van der Waals surface area contributed by atoms with E-state index in [2.05, 4.69) is 15.6 Å². The van der Waals surface area contributed by atoms with E-state index in [1.165, 1.54) is 0 Å². The van der Waals surface area contributed by atoms with Gasteiger partial charge in [-0.25, -0.2) is 4.98 Å². The highest BCUT2D eigenvalue weighted by atomic mass is 16.4. The summed E-state index contributed by atoms with van der Waals surface area (Å²) in [5.74, 6) is -0.229. The van der Waals surface area contributed by atoms with Crippen LogP contribution in [0.4, 0.5) is 11.4 Å². The number of likely N-dealkylation sites (N-methyl/N-ethyl adjacent to an activating group) is 2. The van der Waals surface area contributed by atoms with Gasteiger partial charge in [-0.15, -0.1) is 0 Å². The number of oxazole rings is 1. The lowest BCUT2D eigenvalue weighted by Gasteiger charge is -2.34. The van der Waals surface area contributed by atoms with Crippen molar-refractivity contribution < 1.29 is 33.2 Å². The summed E-state index contributed by atoms with van der Waals surface area (Å²) < 4.78 is 6.16. The largest absolute Gasteiger partial charge is 0.436 e. The minimum atomic E-state index is -0.650. The topological polar surface area (TPSA) is 172 Å². The van der Waals surface area contributed by atoms with Crippen LogP contribution >= 0.6 is 0 Å². The van der Waals surface area contributed by atoms with Gasteiger partial charge < -0.3 is 34.7 Å². The molecule has 2 N–H and O–H groups in total. The summed E-state index contributed by atoms with van der Waals surface area (Å²) >= 11 is 0. The average Bonchev–Trinajstić information content (AvgIpc) is 4.25. The smallest absolute Gasteiger partial charge is 0.247 e. The van der Waals surface area contributed by atoms with Gasteiger partial charge in [-0.1, -0.05) is 60.7 Å². The second kappa shape index (κ2) is 21.4. The molecular weight excluding hydrogens is 899 g/mol. The Kier molecular flexibility index (Phi) is 14.8. The van der Waals surface area contributed by atoms with Gasteiger partial charge >= 0.3 is 0 Å². The molecule has 6 atom stereocenters. The van der Waals surface area contributed by atoms with Crippen molar-refractivity contribution in [2.75, 3.05) is 65.0 Å². The molecule has 4 fully saturated rings. The predicted octanol–water partition coefficient (Wildman–Crippen LogP) is 6.46. The third-order valence-corrected chi connectivity index (χ3v) is 14.4. The Morgan fingerprint density at radius 3 is 1.30 bits per heavy atom. The summed E-state index contributed by atoms with van der Waals surface area (Å²) in [6.45, 7) is 1.89. The second-order valence-corrected chi connectivity index (χ2v) is 19.5. The number of amides is 6. The SMILES string of the molecule is CN(C)[C@@H](C(=O)N1CCCC1C(=O)N1CCCC1C(=O)Nc1ccc(-c2cnc(-c3ccc(NC(=O)[C@@H]4CCCN4C(=O)[C@@H]4CCCN4C(=O)[C@@H](c4ccccc4)N(C)C)cc3)o2)cc1)c1ccccc1. The first-order valence-corrected chi connectivity index (χ1v) is 24.8. The van der Waals surface area contributed by atoms with Gasteiger partial charge in [-0.2, -0.15) is 0 Å². The first-order valence-electron chi connectivity index (χ1n) is 24.8. The maximum absolute atomic E-state index is 14.1. The normalized spacial score (nSPS) is 20.9. The zero-order valence-corrected chi connectivity index (χ0v) is 40.9. The number of anilines is 2. The number of rotatable bonds is 14. The van der Waals surface area contributed by atoms with Crippen LogP contribution in [-0.2, 0) is 28.8 Å². The average molecular weight is 962 g/mol. The molecule has 5 heterocycles. The highest BCUT2D eigenvalue weighted by Crippen LogP contribution is 2.33. The number of carbonyl (C=O) groups excluding carboxylic acids is 6. The van der Waals surface area contributed by atoms with Crippen LogP contribution in [0.1, 0.15) is 74.6 Å². The summed E-state index contributed by atoms with van der Waals surface area (Å²) in [5.41, 5.74) is 4.32. The molecule has 9 rings (SSSR count). The van der Waals surface area contributed by atoms with Crippen LogP contribution in [0.15, 0.2) is 120 Å². The minimum absolute atomic E-state index is 0.112. The summed E-state index contributed by atoms with van der Waals surface area (Å²) in [6, 6.07) is 30.0.